The topological polar surface area (TPSA) is 52.6 Å². The van der Waals surface area contributed by atoms with E-state index in [9.17, 15) is 4.79 Å². The van der Waals surface area contributed by atoms with Gasteiger partial charge < -0.3 is 15.3 Å². The van der Waals surface area contributed by atoms with E-state index < -0.39 is 0 Å². The van der Waals surface area contributed by atoms with Crippen molar-refractivity contribution in [2.45, 2.75) is 19.4 Å². The molecule has 0 heterocycles. The van der Waals surface area contributed by atoms with E-state index >= 15 is 0 Å². The second-order valence-corrected chi connectivity index (χ2v) is 4.96. The zero-order valence-electron chi connectivity index (χ0n) is 12.3. The molecule has 0 fully saturated rings. The van der Waals surface area contributed by atoms with Crippen molar-refractivity contribution in [1.82, 2.24) is 10.2 Å². The fraction of sp³-hybridized carbons (Fsp3) is 0.438. The fourth-order valence-corrected chi connectivity index (χ4v) is 1.90. The Balaban J connectivity index is 2.80. The van der Waals surface area contributed by atoms with E-state index in [0.717, 1.165) is 6.54 Å². The van der Waals surface area contributed by atoms with Crippen LogP contribution in [0.1, 0.15) is 29.3 Å². The number of rotatable bonds is 5. The Hall–Kier alpha value is -1.83. The molecular weight excluding hydrogens is 252 g/mol. The highest BCUT2D eigenvalue weighted by Crippen LogP contribution is 2.07. The van der Waals surface area contributed by atoms with Crippen molar-refractivity contribution >= 4 is 5.91 Å². The normalized spacial score (nSPS) is 11.7. The van der Waals surface area contributed by atoms with E-state index in [0.29, 0.717) is 17.5 Å². The monoisotopic (exact) mass is 274 g/mol. The van der Waals surface area contributed by atoms with E-state index in [4.69, 9.17) is 5.11 Å². The van der Waals surface area contributed by atoms with Crippen molar-refractivity contribution < 1.29 is 9.90 Å². The number of hydrogen-bond acceptors (Lipinski definition) is 3. The molecule has 1 atom stereocenters. The first-order valence-corrected chi connectivity index (χ1v) is 6.69. The Labute approximate surface area is 120 Å². The molecule has 0 radical (unpaired) electrons. The maximum Gasteiger partial charge on any atom is 0.252 e. The van der Waals surface area contributed by atoms with Gasteiger partial charge in [0.1, 0.15) is 0 Å². The van der Waals surface area contributed by atoms with Gasteiger partial charge in [0.25, 0.3) is 5.91 Å². The minimum absolute atomic E-state index is 0.0290. The number of amides is 1. The van der Waals surface area contributed by atoms with E-state index in [1.165, 1.54) is 0 Å². The van der Waals surface area contributed by atoms with Crippen molar-refractivity contribution in [3.8, 4) is 11.8 Å². The molecule has 20 heavy (non-hydrogen) atoms. The molecule has 1 unspecified atom stereocenters. The van der Waals surface area contributed by atoms with E-state index in [2.05, 4.69) is 17.2 Å². The van der Waals surface area contributed by atoms with E-state index in [1.54, 1.807) is 6.07 Å². The molecular formula is C16H22N2O2. The third-order valence-electron chi connectivity index (χ3n) is 2.65. The lowest BCUT2D eigenvalue weighted by Gasteiger charge is -2.18. The summed E-state index contributed by atoms with van der Waals surface area (Å²) in [4.78, 5) is 14.3. The molecule has 2 N–H and O–H groups in total. The van der Waals surface area contributed by atoms with Crippen molar-refractivity contribution in [2.24, 2.45) is 0 Å². The van der Waals surface area contributed by atoms with Gasteiger partial charge >= 0.3 is 0 Å². The van der Waals surface area contributed by atoms with Crippen molar-refractivity contribution in [2.75, 3.05) is 27.2 Å². The zero-order valence-corrected chi connectivity index (χ0v) is 12.3. The van der Waals surface area contributed by atoms with Gasteiger partial charge in [0.2, 0.25) is 0 Å². The van der Waals surface area contributed by atoms with Crippen LogP contribution < -0.4 is 5.32 Å². The number of benzene rings is 1. The molecule has 1 aromatic carbocycles. The second-order valence-electron chi connectivity index (χ2n) is 4.96. The second kappa shape index (κ2) is 8.36. The molecule has 0 saturated carbocycles. The Morgan fingerprint density at radius 2 is 2.10 bits per heavy atom. The Morgan fingerprint density at radius 1 is 1.40 bits per heavy atom. The zero-order chi connectivity index (χ0) is 15.0. The van der Waals surface area contributed by atoms with Crippen LogP contribution in [-0.2, 0) is 0 Å². The maximum absolute atomic E-state index is 12.2. The summed E-state index contributed by atoms with van der Waals surface area (Å²) in [6.45, 7) is 2.78. The summed E-state index contributed by atoms with van der Waals surface area (Å²) in [5.74, 6) is 5.65. The Morgan fingerprint density at radius 3 is 2.75 bits per heavy atom. The molecule has 1 rings (SSSR count). The molecule has 0 spiro atoms. The summed E-state index contributed by atoms with van der Waals surface area (Å²) in [6.07, 6.45) is 0.410. The van der Waals surface area contributed by atoms with Gasteiger partial charge in [-0.05, 0) is 33.2 Å². The van der Waals surface area contributed by atoms with Crippen LogP contribution in [-0.4, -0.2) is 49.2 Å². The van der Waals surface area contributed by atoms with Gasteiger partial charge in [0.05, 0.1) is 12.2 Å². The van der Waals surface area contributed by atoms with Crippen LogP contribution in [0.2, 0.25) is 0 Å². The highest BCUT2D eigenvalue weighted by atomic mass is 16.2. The van der Waals surface area contributed by atoms with Gasteiger partial charge in [-0.2, -0.15) is 0 Å². The van der Waals surface area contributed by atoms with Crippen LogP contribution in [0, 0.1) is 11.8 Å². The summed E-state index contributed by atoms with van der Waals surface area (Å²) in [5.41, 5.74) is 1.26. The fourth-order valence-electron chi connectivity index (χ4n) is 1.90. The standard InChI is InChI=1S/C16H22N2O2/c1-13(12-18(2)3)17-16(20)15-10-5-4-8-14(15)9-6-7-11-19/h4-5,8,10,13,19H,7,11-12H2,1-3H3,(H,17,20). The van der Waals surface area contributed by atoms with Crippen LogP contribution >= 0.6 is 0 Å². The number of aliphatic hydroxyl groups excluding tert-OH is 1. The Kier molecular flexibility index (Phi) is 6.78. The molecule has 0 saturated heterocycles. The van der Waals surface area contributed by atoms with Gasteiger partial charge in [0.15, 0.2) is 0 Å². The van der Waals surface area contributed by atoms with Gasteiger partial charge in [-0.1, -0.05) is 24.0 Å². The average molecular weight is 274 g/mol. The molecule has 1 amide bonds. The quantitative estimate of drug-likeness (QED) is 0.791. The van der Waals surface area contributed by atoms with E-state index in [1.807, 2.05) is 44.1 Å². The average Bonchev–Trinajstić information content (AvgIpc) is 2.38. The predicted octanol–water partition coefficient (Wildman–Crippen LogP) is 1.10. The Bertz CT molecular complexity index is 501. The molecule has 1 aromatic rings. The molecule has 0 aliphatic carbocycles. The molecule has 0 aromatic heterocycles. The smallest absolute Gasteiger partial charge is 0.252 e. The summed E-state index contributed by atoms with van der Waals surface area (Å²) in [6, 6.07) is 7.32. The lowest BCUT2D eigenvalue weighted by Crippen LogP contribution is -2.39. The SMILES string of the molecule is CC(CN(C)C)NC(=O)c1ccccc1C#CCCO. The highest BCUT2D eigenvalue weighted by molar-refractivity contribution is 5.96. The molecule has 0 bridgehead atoms. The molecule has 4 heteroatoms. The van der Waals surface area contributed by atoms with E-state index in [-0.39, 0.29) is 18.6 Å². The van der Waals surface area contributed by atoms with Gasteiger partial charge in [-0.3, -0.25) is 4.79 Å². The summed E-state index contributed by atoms with van der Waals surface area (Å²) in [7, 11) is 3.94. The first-order chi connectivity index (χ1) is 9.54. The minimum atomic E-state index is -0.117. The number of hydrogen-bond donors (Lipinski definition) is 2. The highest BCUT2D eigenvalue weighted by Gasteiger charge is 2.12. The molecule has 0 aliphatic rings. The van der Waals surface area contributed by atoms with Crippen molar-refractivity contribution in [1.29, 1.82) is 0 Å². The lowest BCUT2D eigenvalue weighted by molar-refractivity contribution is 0.0934. The first-order valence-electron chi connectivity index (χ1n) is 6.69. The largest absolute Gasteiger partial charge is 0.395 e. The molecule has 0 aliphatic heterocycles. The van der Waals surface area contributed by atoms with Crippen LogP contribution in [0.4, 0.5) is 0 Å². The van der Waals surface area contributed by atoms with Crippen LogP contribution in [0.15, 0.2) is 24.3 Å². The third-order valence-corrected chi connectivity index (χ3v) is 2.65. The molecule has 108 valence electrons. The minimum Gasteiger partial charge on any atom is -0.395 e. The van der Waals surface area contributed by atoms with Crippen LogP contribution in [0.3, 0.4) is 0 Å². The number of carbonyl (C=O) groups excluding carboxylic acids is 1. The third kappa shape index (κ3) is 5.43. The number of carbonyl (C=O) groups is 1. The summed E-state index contributed by atoms with van der Waals surface area (Å²) < 4.78 is 0. The summed E-state index contributed by atoms with van der Waals surface area (Å²) in [5, 5.41) is 11.7. The van der Waals surface area contributed by atoms with Gasteiger partial charge in [-0.25, -0.2) is 0 Å². The van der Waals surface area contributed by atoms with Crippen LogP contribution in [0.25, 0.3) is 0 Å². The van der Waals surface area contributed by atoms with Crippen molar-refractivity contribution in [3.05, 3.63) is 35.4 Å². The molecule has 4 nitrogen and oxygen atoms in total. The van der Waals surface area contributed by atoms with Gasteiger partial charge in [0, 0.05) is 24.6 Å². The number of likely N-dealkylation sites (N-methyl/N-ethyl adjacent to an activating group) is 1. The van der Waals surface area contributed by atoms with Crippen molar-refractivity contribution in [3.63, 3.8) is 0 Å². The predicted molar refractivity (Wildman–Crippen MR) is 80.5 cm³/mol. The number of nitrogens with one attached hydrogen (secondary N) is 1. The first kappa shape index (κ1) is 16.2. The number of nitrogens with zero attached hydrogens (tertiary/aromatic N) is 1. The number of aliphatic hydroxyl groups is 1. The van der Waals surface area contributed by atoms with Gasteiger partial charge in [-0.15, -0.1) is 0 Å². The lowest BCUT2D eigenvalue weighted by atomic mass is 10.1. The maximum atomic E-state index is 12.2. The summed E-state index contributed by atoms with van der Waals surface area (Å²) >= 11 is 0. The van der Waals surface area contributed by atoms with Crippen LogP contribution in [0.5, 0.6) is 0 Å².